The third kappa shape index (κ3) is 14.5. The SMILES string of the molecule is O=C(OC[C@H]1O[C@H](O)[C@H](OC(=O)c2ccccc2)[C@@H](OC(=O)c2ccccc2)[C@H]1O[C@H]1O[C@H](COCc2ccccc2)[C@@H](OCc2ccccc2)[C@H](OCc2ccccc2)[C@@H]1OCc1ccccc1)c1ccccc1. The zero-order chi connectivity index (χ0) is 51.6. The molecule has 0 unspecified atom stereocenters. The molecule has 2 aliphatic rings. The van der Waals surface area contributed by atoms with Crippen molar-refractivity contribution in [3.05, 3.63) is 251 Å². The average molecular weight is 1020 g/mol. The van der Waals surface area contributed by atoms with Crippen LogP contribution in [0.4, 0.5) is 0 Å². The second-order valence-corrected chi connectivity index (χ2v) is 17.9. The molecule has 2 aliphatic heterocycles. The minimum atomic E-state index is -1.93. The van der Waals surface area contributed by atoms with Gasteiger partial charge in [-0.2, -0.15) is 0 Å². The fourth-order valence-electron chi connectivity index (χ4n) is 8.81. The van der Waals surface area contributed by atoms with Crippen LogP contribution in [0, 0.1) is 0 Å². The molecule has 0 amide bonds. The van der Waals surface area contributed by atoms with E-state index in [1.54, 1.807) is 91.0 Å². The first-order chi connectivity index (χ1) is 36.9. The van der Waals surface area contributed by atoms with Crippen molar-refractivity contribution in [2.75, 3.05) is 13.2 Å². The Bertz CT molecular complexity index is 2810. The van der Waals surface area contributed by atoms with E-state index in [9.17, 15) is 19.5 Å². The lowest BCUT2D eigenvalue weighted by atomic mass is 9.95. The molecular formula is C61H58O14. The van der Waals surface area contributed by atoms with Gasteiger partial charge in [0.25, 0.3) is 0 Å². The van der Waals surface area contributed by atoms with Crippen molar-refractivity contribution >= 4 is 17.9 Å². The zero-order valence-electron chi connectivity index (χ0n) is 41.0. The third-order valence-corrected chi connectivity index (χ3v) is 12.6. The summed E-state index contributed by atoms with van der Waals surface area (Å²) in [6, 6.07) is 63.2. The third-order valence-electron chi connectivity index (χ3n) is 12.6. The Morgan fingerprint density at radius 1 is 0.373 bits per heavy atom. The molecule has 0 bridgehead atoms. The fraction of sp³-hybridized carbons (Fsp3) is 0.262. The van der Waals surface area contributed by atoms with Crippen LogP contribution >= 0.6 is 0 Å². The van der Waals surface area contributed by atoms with E-state index in [2.05, 4.69) is 0 Å². The van der Waals surface area contributed by atoms with E-state index in [-0.39, 0.29) is 49.7 Å². The lowest BCUT2D eigenvalue weighted by Gasteiger charge is -2.49. The summed E-state index contributed by atoms with van der Waals surface area (Å²) in [4.78, 5) is 41.8. The van der Waals surface area contributed by atoms with Gasteiger partial charge in [0.15, 0.2) is 24.8 Å². The summed E-state index contributed by atoms with van der Waals surface area (Å²) in [7, 11) is 0. The molecule has 2 saturated heterocycles. The summed E-state index contributed by atoms with van der Waals surface area (Å²) in [5, 5.41) is 11.9. The van der Waals surface area contributed by atoms with Crippen molar-refractivity contribution in [2.45, 2.75) is 87.8 Å². The zero-order valence-corrected chi connectivity index (χ0v) is 41.0. The van der Waals surface area contributed by atoms with Crippen molar-refractivity contribution in [3.63, 3.8) is 0 Å². The number of benzene rings is 7. The van der Waals surface area contributed by atoms with Crippen molar-refractivity contribution in [1.29, 1.82) is 0 Å². The second kappa shape index (κ2) is 26.7. The van der Waals surface area contributed by atoms with Crippen LogP contribution < -0.4 is 0 Å². The molecule has 2 fully saturated rings. The maximum atomic E-state index is 14.3. The van der Waals surface area contributed by atoms with Gasteiger partial charge in [-0.1, -0.05) is 176 Å². The smallest absolute Gasteiger partial charge is 0.338 e. The molecule has 0 aromatic heterocycles. The predicted molar refractivity (Wildman–Crippen MR) is 274 cm³/mol. The van der Waals surface area contributed by atoms with Gasteiger partial charge in [-0.25, -0.2) is 14.4 Å². The van der Waals surface area contributed by atoms with Crippen LogP contribution in [0.5, 0.6) is 0 Å². The van der Waals surface area contributed by atoms with Crippen molar-refractivity contribution in [1.82, 2.24) is 0 Å². The van der Waals surface area contributed by atoms with E-state index >= 15 is 0 Å². The number of carbonyl (C=O) groups excluding carboxylic acids is 3. The maximum Gasteiger partial charge on any atom is 0.338 e. The van der Waals surface area contributed by atoms with E-state index < -0.39 is 85.9 Å². The molecule has 0 spiro atoms. The summed E-state index contributed by atoms with van der Waals surface area (Å²) in [6.45, 7) is 0.0288. The van der Waals surface area contributed by atoms with E-state index in [4.69, 9.17) is 47.4 Å². The summed E-state index contributed by atoms with van der Waals surface area (Å²) in [6.07, 6.45) is -13.5. The second-order valence-electron chi connectivity index (χ2n) is 17.9. The summed E-state index contributed by atoms with van der Waals surface area (Å²) in [5.41, 5.74) is 4.06. The van der Waals surface area contributed by atoms with Gasteiger partial charge in [-0.05, 0) is 58.7 Å². The largest absolute Gasteiger partial charge is 0.459 e. The number of aliphatic hydroxyl groups excluding tert-OH is 1. The summed E-state index contributed by atoms with van der Waals surface area (Å²) in [5.74, 6) is -2.39. The van der Waals surface area contributed by atoms with Crippen LogP contribution in [-0.4, -0.2) is 97.6 Å². The highest BCUT2D eigenvalue weighted by molar-refractivity contribution is 5.90. The Morgan fingerprint density at radius 2 is 0.747 bits per heavy atom. The minimum absolute atomic E-state index is 0.0213. The van der Waals surface area contributed by atoms with Crippen molar-refractivity contribution in [2.24, 2.45) is 0 Å². The first-order valence-corrected chi connectivity index (χ1v) is 24.8. The van der Waals surface area contributed by atoms with Gasteiger partial charge in [0.1, 0.15) is 43.2 Å². The predicted octanol–water partition coefficient (Wildman–Crippen LogP) is 9.09. The highest BCUT2D eigenvalue weighted by Crippen LogP contribution is 2.36. The number of hydrogen-bond donors (Lipinski definition) is 1. The molecular weight excluding hydrogens is 957 g/mol. The first-order valence-electron chi connectivity index (χ1n) is 24.8. The Hall–Kier alpha value is -7.37. The van der Waals surface area contributed by atoms with Crippen LogP contribution in [0.3, 0.4) is 0 Å². The molecule has 10 atom stereocenters. The lowest BCUT2D eigenvalue weighted by Crippen LogP contribution is -2.66. The Morgan fingerprint density at radius 3 is 1.21 bits per heavy atom. The Balaban J connectivity index is 1.13. The van der Waals surface area contributed by atoms with Gasteiger partial charge in [0.2, 0.25) is 0 Å². The van der Waals surface area contributed by atoms with Crippen molar-refractivity contribution in [3.8, 4) is 0 Å². The van der Waals surface area contributed by atoms with Crippen LogP contribution in [0.2, 0.25) is 0 Å². The van der Waals surface area contributed by atoms with Gasteiger partial charge >= 0.3 is 17.9 Å². The number of esters is 3. The monoisotopic (exact) mass is 1010 g/mol. The highest BCUT2D eigenvalue weighted by atomic mass is 16.8. The molecule has 7 aromatic rings. The fourth-order valence-corrected chi connectivity index (χ4v) is 8.81. The molecule has 2 heterocycles. The normalized spacial score (nSPS) is 23.4. The molecule has 0 saturated carbocycles. The van der Waals surface area contributed by atoms with Gasteiger partial charge < -0.3 is 52.5 Å². The van der Waals surface area contributed by atoms with Gasteiger partial charge in [-0.3, -0.25) is 0 Å². The van der Waals surface area contributed by atoms with Crippen LogP contribution in [-0.2, 0) is 73.8 Å². The summed E-state index contributed by atoms with van der Waals surface area (Å²) >= 11 is 0. The van der Waals surface area contributed by atoms with E-state index in [1.165, 1.54) is 0 Å². The maximum absolute atomic E-state index is 14.3. The van der Waals surface area contributed by atoms with Gasteiger partial charge in [0, 0.05) is 0 Å². The molecule has 14 heteroatoms. The quantitative estimate of drug-likeness (QED) is 0.0505. The van der Waals surface area contributed by atoms with Crippen LogP contribution in [0.15, 0.2) is 212 Å². The topological polar surface area (TPSA) is 164 Å². The van der Waals surface area contributed by atoms with E-state index in [0.29, 0.717) is 0 Å². The molecule has 9 rings (SSSR count). The lowest BCUT2D eigenvalue weighted by molar-refractivity contribution is -0.366. The highest BCUT2D eigenvalue weighted by Gasteiger charge is 2.56. The number of carbonyl (C=O) groups is 3. The molecule has 1 N–H and O–H groups in total. The van der Waals surface area contributed by atoms with Crippen LogP contribution in [0.25, 0.3) is 0 Å². The molecule has 75 heavy (non-hydrogen) atoms. The average Bonchev–Trinajstić information content (AvgIpc) is 3.46. The summed E-state index contributed by atoms with van der Waals surface area (Å²) < 4.78 is 65.8. The minimum Gasteiger partial charge on any atom is -0.459 e. The number of aliphatic hydroxyl groups is 1. The van der Waals surface area contributed by atoms with E-state index in [1.807, 2.05) is 121 Å². The van der Waals surface area contributed by atoms with Gasteiger partial charge in [0.05, 0.1) is 49.7 Å². The molecule has 0 aliphatic carbocycles. The number of ether oxygens (including phenoxy) is 10. The molecule has 14 nitrogen and oxygen atoms in total. The number of rotatable bonds is 22. The number of hydrogen-bond acceptors (Lipinski definition) is 14. The Labute approximate surface area is 435 Å². The Kier molecular flexibility index (Phi) is 18.7. The molecule has 386 valence electrons. The molecule has 7 aromatic carbocycles. The standard InChI is InChI=1S/C61H58O14/c62-57(46-30-16-5-17-31-46)70-41-50-52(54(73-58(63)47-32-18-6-19-33-47)55(60(65)71-50)74-59(64)48-34-20-7-21-35-48)75-61-56(69-39-45-28-14-4-15-29-45)53(68-38-44-26-12-3-13-27-44)51(67-37-43-24-10-2-11-25-43)49(72-61)40-66-36-42-22-8-1-9-23-42/h1-35,49-56,60-61,65H,36-41H2/t49-,50-,51-,52+,53+,54+,55-,56+,60+,61-/m1/s1. The van der Waals surface area contributed by atoms with Crippen molar-refractivity contribution < 1.29 is 66.9 Å². The van der Waals surface area contributed by atoms with E-state index in [0.717, 1.165) is 22.3 Å². The van der Waals surface area contributed by atoms with Gasteiger partial charge in [-0.15, -0.1) is 0 Å². The first kappa shape index (κ1) is 52.5. The van der Waals surface area contributed by atoms with Crippen LogP contribution in [0.1, 0.15) is 53.3 Å². The molecule has 0 radical (unpaired) electrons.